The number of carbonyl (C=O) groups excluding carboxylic acids is 1. The van der Waals surface area contributed by atoms with Crippen LogP contribution in [0.15, 0.2) is 29.0 Å². The quantitative estimate of drug-likeness (QED) is 0.889. The summed E-state index contributed by atoms with van der Waals surface area (Å²) < 4.78 is 5.60. The van der Waals surface area contributed by atoms with Gasteiger partial charge in [0.05, 0.1) is 18.5 Å². The SMILES string of the molecule is O=C(N[C@@H]1CCc2[nH]ncc2C1)N1CCCCC[C@@H]1c1ccco1. The van der Waals surface area contributed by atoms with Crippen molar-refractivity contribution in [3.8, 4) is 0 Å². The monoisotopic (exact) mass is 328 g/mol. The summed E-state index contributed by atoms with van der Waals surface area (Å²) >= 11 is 0. The number of aromatic nitrogens is 2. The number of furan rings is 1. The summed E-state index contributed by atoms with van der Waals surface area (Å²) in [5, 5.41) is 10.4. The van der Waals surface area contributed by atoms with E-state index in [4.69, 9.17) is 4.42 Å². The number of hydrogen-bond donors (Lipinski definition) is 2. The predicted octanol–water partition coefficient (Wildman–Crippen LogP) is 3.19. The molecule has 0 unspecified atom stereocenters. The van der Waals surface area contributed by atoms with Crippen LogP contribution in [0.25, 0.3) is 0 Å². The molecular weight excluding hydrogens is 304 g/mol. The fraction of sp³-hybridized carbons (Fsp3) is 0.556. The van der Waals surface area contributed by atoms with E-state index < -0.39 is 0 Å². The van der Waals surface area contributed by atoms with Crippen molar-refractivity contribution in [2.24, 2.45) is 0 Å². The van der Waals surface area contributed by atoms with Crippen LogP contribution in [-0.2, 0) is 12.8 Å². The number of likely N-dealkylation sites (tertiary alicyclic amines) is 1. The van der Waals surface area contributed by atoms with E-state index in [1.807, 2.05) is 23.2 Å². The highest BCUT2D eigenvalue weighted by molar-refractivity contribution is 5.75. The van der Waals surface area contributed by atoms with Crippen molar-refractivity contribution in [3.05, 3.63) is 41.6 Å². The summed E-state index contributed by atoms with van der Waals surface area (Å²) in [4.78, 5) is 14.9. The number of amides is 2. The zero-order valence-corrected chi connectivity index (χ0v) is 13.8. The Morgan fingerprint density at radius 3 is 3.17 bits per heavy atom. The number of rotatable bonds is 2. The first-order chi connectivity index (χ1) is 11.8. The zero-order valence-electron chi connectivity index (χ0n) is 13.8. The summed E-state index contributed by atoms with van der Waals surface area (Å²) in [5.74, 6) is 0.896. The van der Waals surface area contributed by atoms with E-state index in [0.717, 1.165) is 50.8 Å². The number of aromatic amines is 1. The second-order valence-electron chi connectivity index (χ2n) is 6.84. The number of urea groups is 1. The Morgan fingerprint density at radius 2 is 2.29 bits per heavy atom. The van der Waals surface area contributed by atoms with Crippen molar-refractivity contribution < 1.29 is 9.21 Å². The van der Waals surface area contributed by atoms with Gasteiger partial charge in [-0.1, -0.05) is 12.8 Å². The van der Waals surface area contributed by atoms with Crippen LogP contribution in [0.4, 0.5) is 4.79 Å². The van der Waals surface area contributed by atoms with Gasteiger partial charge in [-0.15, -0.1) is 0 Å². The topological polar surface area (TPSA) is 74.2 Å². The van der Waals surface area contributed by atoms with E-state index >= 15 is 0 Å². The minimum Gasteiger partial charge on any atom is -0.467 e. The lowest BCUT2D eigenvalue weighted by Gasteiger charge is -2.32. The number of nitrogens with one attached hydrogen (secondary N) is 2. The molecule has 0 saturated carbocycles. The third-order valence-electron chi connectivity index (χ3n) is 5.23. The standard InChI is InChI=1S/C18H24N4O2/c23-18(20-14-7-8-15-13(11-14)12-19-21-15)22-9-3-1-2-5-16(22)17-6-4-10-24-17/h4,6,10,12,14,16H,1-3,5,7-9,11H2,(H,19,21)(H,20,23)/t14-,16-/m1/s1. The Morgan fingerprint density at radius 1 is 1.33 bits per heavy atom. The molecular formula is C18H24N4O2. The van der Waals surface area contributed by atoms with Gasteiger partial charge in [0.1, 0.15) is 5.76 Å². The molecule has 0 radical (unpaired) electrons. The Labute approximate surface area is 141 Å². The maximum atomic E-state index is 12.9. The van der Waals surface area contributed by atoms with Gasteiger partial charge in [0, 0.05) is 18.3 Å². The minimum absolute atomic E-state index is 0.0373. The summed E-state index contributed by atoms with van der Waals surface area (Å²) in [6.07, 6.45) is 10.7. The minimum atomic E-state index is 0.0373. The molecule has 2 aliphatic rings. The van der Waals surface area contributed by atoms with Crippen LogP contribution in [0.2, 0.25) is 0 Å². The van der Waals surface area contributed by atoms with Gasteiger partial charge in [-0.3, -0.25) is 5.10 Å². The number of hydrogen-bond acceptors (Lipinski definition) is 3. The first-order valence-corrected chi connectivity index (χ1v) is 8.93. The molecule has 0 aromatic carbocycles. The third kappa shape index (κ3) is 3.05. The molecule has 0 bridgehead atoms. The number of fused-ring (bicyclic) bond motifs is 1. The van der Waals surface area contributed by atoms with Crippen molar-refractivity contribution >= 4 is 6.03 Å². The molecule has 3 heterocycles. The third-order valence-corrected chi connectivity index (χ3v) is 5.23. The van der Waals surface area contributed by atoms with Gasteiger partial charge in [-0.25, -0.2) is 4.79 Å². The van der Waals surface area contributed by atoms with E-state index in [1.165, 1.54) is 17.7 Å². The molecule has 6 heteroatoms. The van der Waals surface area contributed by atoms with Crippen molar-refractivity contribution in [1.82, 2.24) is 20.4 Å². The lowest BCUT2D eigenvalue weighted by Crippen LogP contribution is -2.47. The summed E-state index contributed by atoms with van der Waals surface area (Å²) in [5.41, 5.74) is 2.44. The smallest absolute Gasteiger partial charge is 0.318 e. The van der Waals surface area contributed by atoms with Crippen LogP contribution in [0, 0.1) is 0 Å². The van der Waals surface area contributed by atoms with E-state index in [1.54, 1.807) is 6.26 Å². The van der Waals surface area contributed by atoms with Crippen molar-refractivity contribution in [2.75, 3.05) is 6.54 Å². The predicted molar refractivity (Wildman–Crippen MR) is 89.6 cm³/mol. The van der Waals surface area contributed by atoms with Gasteiger partial charge >= 0.3 is 6.03 Å². The van der Waals surface area contributed by atoms with Gasteiger partial charge in [0.2, 0.25) is 0 Å². The lowest BCUT2D eigenvalue weighted by molar-refractivity contribution is 0.162. The Bertz CT molecular complexity index is 679. The zero-order chi connectivity index (χ0) is 16.4. The molecule has 1 fully saturated rings. The summed E-state index contributed by atoms with van der Waals surface area (Å²) in [6.45, 7) is 0.793. The molecule has 2 aromatic heterocycles. The number of H-pyrrole nitrogens is 1. The fourth-order valence-corrected chi connectivity index (χ4v) is 3.93. The van der Waals surface area contributed by atoms with Crippen LogP contribution < -0.4 is 5.32 Å². The van der Waals surface area contributed by atoms with Crippen LogP contribution >= 0.6 is 0 Å². The molecule has 2 aromatic rings. The maximum absolute atomic E-state index is 12.9. The van der Waals surface area contributed by atoms with Crippen LogP contribution in [0.3, 0.4) is 0 Å². The largest absolute Gasteiger partial charge is 0.467 e. The van der Waals surface area contributed by atoms with Gasteiger partial charge < -0.3 is 14.6 Å². The molecule has 4 rings (SSSR count). The second-order valence-corrected chi connectivity index (χ2v) is 6.84. The van der Waals surface area contributed by atoms with Gasteiger partial charge in [-0.05, 0) is 49.8 Å². The highest BCUT2D eigenvalue weighted by atomic mass is 16.3. The van der Waals surface area contributed by atoms with E-state index in [9.17, 15) is 4.79 Å². The van der Waals surface area contributed by atoms with Crippen LogP contribution in [0.1, 0.15) is 55.2 Å². The maximum Gasteiger partial charge on any atom is 0.318 e. The van der Waals surface area contributed by atoms with Crippen molar-refractivity contribution in [1.29, 1.82) is 0 Å². The average Bonchev–Trinajstić information content (AvgIpc) is 3.21. The summed E-state index contributed by atoms with van der Waals surface area (Å²) in [7, 11) is 0. The van der Waals surface area contributed by atoms with E-state index in [0.29, 0.717) is 0 Å². The van der Waals surface area contributed by atoms with Crippen LogP contribution in [-0.4, -0.2) is 33.7 Å². The molecule has 0 spiro atoms. The average molecular weight is 328 g/mol. The molecule has 2 atom stereocenters. The highest BCUT2D eigenvalue weighted by Crippen LogP contribution is 2.30. The van der Waals surface area contributed by atoms with Crippen molar-refractivity contribution in [3.63, 3.8) is 0 Å². The molecule has 24 heavy (non-hydrogen) atoms. The van der Waals surface area contributed by atoms with Gasteiger partial charge in [0.25, 0.3) is 0 Å². The summed E-state index contributed by atoms with van der Waals surface area (Å²) in [6, 6.07) is 4.15. The van der Waals surface area contributed by atoms with E-state index in [2.05, 4.69) is 15.5 Å². The Kier molecular flexibility index (Phi) is 4.28. The van der Waals surface area contributed by atoms with E-state index in [-0.39, 0.29) is 18.1 Å². The number of nitrogens with zero attached hydrogens (tertiary/aromatic N) is 2. The lowest BCUT2D eigenvalue weighted by atomic mass is 9.94. The molecule has 1 saturated heterocycles. The second kappa shape index (κ2) is 6.71. The van der Waals surface area contributed by atoms with Gasteiger partial charge in [-0.2, -0.15) is 5.10 Å². The molecule has 128 valence electrons. The van der Waals surface area contributed by atoms with Crippen LogP contribution in [0.5, 0.6) is 0 Å². The molecule has 2 amide bonds. The molecule has 1 aliphatic heterocycles. The number of carbonyl (C=O) groups is 1. The molecule has 6 nitrogen and oxygen atoms in total. The Hall–Kier alpha value is -2.24. The normalized spacial score (nSPS) is 24.2. The number of aryl methyl sites for hydroxylation is 1. The highest BCUT2D eigenvalue weighted by Gasteiger charge is 2.30. The van der Waals surface area contributed by atoms with Crippen molar-refractivity contribution in [2.45, 2.75) is 57.0 Å². The molecule has 2 N–H and O–H groups in total. The Balaban J connectivity index is 1.45. The first-order valence-electron chi connectivity index (χ1n) is 8.93. The first kappa shape index (κ1) is 15.3. The fourth-order valence-electron chi connectivity index (χ4n) is 3.93. The van der Waals surface area contributed by atoms with Gasteiger partial charge in [0.15, 0.2) is 0 Å². The molecule has 1 aliphatic carbocycles.